The van der Waals surface area contributed by atoms with Gasteiger partial charge in [-0.15, -0.1) is 0 Å². The van der Waals surface area contributed by atoms with Crippen LogP contribution < -0.4 is 14.8 Å². The molecule has 0 spiro atoms. The molecule has 0 atom stereocenters. The van der Waals surface area contributed by atoms with Crippen LogP contribution in [0.4, 0.5) is 5.69 Å². The fraction of sp³-hybridized carbons (Fsp3) is 0.625. The van der Waals surface area contributed by atoms with Gasteiger partial charge in [-0.2, -0.15) is 0 Å². The highest BCUT2D eigenvalue weighted by molar-refractivity contribution is 5.54. The summed E-state index contributed by atoms with van der Waals surface area (Å²) < 4.78 is 11.2. The van der Waals surface area contributed by atoms with Crippen molar-refractivity contribution >= 4 is 5.69 Å². The van der Waals surface area contributed by atoms with Crippen LogP contribution in [0, 0.1) is 5.41 Å². The number of benzene rings is 1. The number of rotatable bonds is 7. The van der Waals surface area contributed by atoms with E-state index in [-0.39, 0.29) is 0 Å². The zero-order valence-corrected chi connectivity index (χ0v) is 12.9. The molecule has 0 fully saturated rings. The zero-order chi connectivity index (χ0) is 14.3. The maximum atomic E-state index is 5.61. The maximum absolute atomic E-state index is 5.61. The van der Waals surface area contributed by atoms with Gasteiger partial charge in [0.25, 0.3) is 0 Å². The molecule has 3 nitrogen and oxygen atoms in total. The summed E-state index contributed by atoms with van der Waals surface area (Å²) in [6.07, 6.45) is 1.13. The van der Waals surface area contributed by atoms with Gasteiger partial charge in [-0.05, 0) is 37.8 Å². The van der Waals surface area contributed by atoms with E-state index in [9.17, 15) is 0 Å². The van der Waals surface area contributed by atoms with Gasteiger partial charge in [-0.25, -0.2) is 0 Å². The van der Waals surface area contributed by atoms with Crippen molar-refractivity contribution in [1.82, 2.24) is 0 Å². The van der Waals surface area contributed by atoms with E-state index >= 15 is 0 Å². The van der Waals surface area contributed by atoms with Crippen LogP contribution in [-0.2, 0) is 0 Å². The average molecular weight is 265 g/mol. The Labute approximate surface area is 117 Å². The molecule has 1 N–H and O–H groups in total. The first-order valence-corrected chi connectivity index (χ1v) is 7.09. The Morgan fingerprint density at radius 3 is 2.21 bits per heavy atom. The lowest BCUT2D eigenvalue weighted by Gasteiger charge is -2.19. The lowest BCUT2D eigenvalue weighted by atomic mass is 9.92. The van der Waals surface area contributed by atoms with Crippen molar-refractivity contribution in [3.63, 3.8) is 0 Å². The third-order valence-corrected chi connectivity index (χ3v) is 2.75. The SMILES string of the molecule is CCOc1ccc(NCCC(C)(C)C)cc1OCC. The summed E-state index contributed by atoms with van der Waals surface area (Å²) in [5.74, 6) is 1.62. The third kappa shape index (κ3) is 5.86. The maximum Gasteiger partial charge on any atom is 0.163 e. The summed E-state index contributed by atoms with van der Waals surface area (Å²) in [5.41, 5.74) is 1.43. The van der Waals surface area contributed by atoms with Crippen LogP contribution in [0.5, 0.6) is 11.5 Å². The largest absolute Gasteiger partial charge is 0.490 e. The minimum Gasteiger partial charge on any atom is -0.490 e. The van der Waals surface area contributed by atoms with Crippen molar-refractivity contribution in [2.24, 2.45) is 5.41 Å². The summed E-state index contributed by atoms with van der Waals surface area (Å²) in [6.45, 7) is 13.0. The summed E-state index contributed by atoms with van der Waals surface area (Å²) in [7, 11) is 0. The molecule has 1 rings (SSSR count). The number of hydrogen-bond donors (Lipinski definition) is 1. The van der Waals surface area contributed by atoms with Crippen LogP contribution in [-0.4, -0.2) is 19.8 Å². The van der Waals surface area contributed by atoms with E-state index in [4.69, 9.17) is 9.47 Å². The summed E-state index contributed by atoms with van der Waals surface area (Å²) in [5, 5.41) is 3.43. The standard InChI is InChI=1S/C16H27NO2/c1-6-18-14-9-8-13(12-15(14)19-7-2)17-11-10-16(3,4)5/h8-9,12,17H,6-7,10-11H2,1-5H3. The van der Waals surface area contributed by atoms with Crippen LogP contribution in [0.2, 0.25) is 0 Å². The Balaban J connectivity index is 2.66. The highest BCUT2D eigenvalue weighted by Gasteiger charge is 2.10. The molecule has 19 heavy (non-hydrogen) atoms. The highest BCUT2D eigenvalue weighted by atomic mass is 16.5. The van der Waals surface area contributed by atoms with Crippen LogP contribution in [0.1, 0.15) is 41.0 Å². The summed E-state index contributed by atoms with van der Waals surface area (Å²) in [4.78, 5) is 0. The number of hydrogen-bond acceptors (Lipinski definition) is 3. The number of ether oxygens (including phenoxy) is 2. The van der Waals surface area contributed by atoms with Crippen molar-refractivity contribution in [2.75, 3.05) is 25.1 Å². The van der Waals surface area contributed by atoms with E-state index in [1.165, 1.54) is 0 Å². The van der Waals surface area contributed by atoms with Crippen molar-refractivity contribution < 1.29 is 9.47 Å². The smallest absolute Gasteiger partial charge is 0.163 e. The van der Waals surface area contributed by atoms with Crippen molar-refractivity contribution in [1.29, 1.82) is 0 Å². The summed E-state index contributed by atoms with van der Waals surface area (Å²) in [6, 6.07) is 6.02. The van der Waals surface area contributed by atoms with Gasteiger partial charge in [-0.3, -0.25) is 0 Å². The Bertz CT molecular complexity index is 383. The van der Waals surface area contributed by atoms with Gasteiger partial charge in [0.1, 0.15) is 0 Å². The second-order valence-corrected chi connectivity index (χ2v) is 5.76. The quantitative estimate of drug-likeness (QED) is 0.796. The summed E-state index contributed by atoms with van der Waals surface area (Å²) >= 11 is 0. The Morgan fingerprint density at radius 1 is 1.00 bits per heavy atom. The molecule has 108 valence electrons. The first-order chi connectivity index (χ1) is 8.96. The van der Waals surface area contributed by atoms with Crippen molar-refractivity contribution in [3.05, 3.63) is 18.2 Å². The fourth-order valence-electron chi connectivity index (χ4n) is 1.74. The van der Waals surface area contributed by atoms with Crippen LogP contribution in [0.15, 0.2) is 18.2 Å². The zero-order valence-electron chi connectivity index (χ0n) is 12.9. The molecule has 0 saturated heterocycles. The molecule has 0 saturated carbocycles. The van der Waals surface area contributed by atoms with Crippen molar-refractivity contribution in [3.8, 4) is 11.5 Å². The van der Waals surface area contributed by atoms with Gasteiger partial charge in [0, 0.05) is 18.3 Å². The molecule has 0 radical (unpaired) electrons. The van der Waals surface area contributed by atoms with E-state index in [1.807, 2.05) is 32.0 Å². The third-order valence-electron chi connectivity index (χ3n) is 2.75. The minimum atomic E-state index is 0.348. The molecule has 0 unspecified atom stereocenters. The Kier molecular flexibility index (Phi) is 6.00. The second-order valence-electron chi connectivity index (χ2n) is 5.76. The van der Waals surface area contributed by atoms with E-state index in [0.717, 1.165) is 30.2 Å². The number of nitrogens with one attached hydrogen (secondary N) is 1. The molecule has 0 aliphatic carbocycles. The molecule has 1 aromatic rings. The van der Waals surface area contributed by atoms with Gasteiger partial charge in [0.05, 0.1) is 13.2 Å². The molecule has 3 heteroatoms. The molecule has 0 amide bonds. The first kappa shape index (κ1) is 15.7. The van der Waals surface area contributed by atoms with Gasteiger partial charge in [0.15, 0.2) is 11.5 Å². The minimum absolute atomic E-state index is 0.348. The van der Waals surface area contributed by atoms with Crippen LogP contribution in [0.3, 0.4) is 0 Å². The Morgan fingerprint density at radius 2 is 1.63 bits per heavy atom. The molecule has 0 bridgehead atoms. The molecule has 0 heterocycles. The van der Waals surface area contributed by atoms with Gasteiger partial charge in [-0.1, -0.05) is 20.8 Å². The van der Waals surface area contributed by atoms with Crippen LogP contribution >= 0.6 is 0 Å². The van der Waals surface area contributed by atoms with E-state index in [0.29, 0.717) is 18.6 Å². The topological polar surface area (TPSA) is 30.5 Å². The van der Waals surface area contributed by atoms with E-state index in [2.05, 4.69) is 26.1 Å². The molecular weight excluding hydrogens is 238 g/mol. The van der Waals surface area contributed by atoms with Gasteiger partial charge in [0.2, 0.25) is 0 Å². The number of anilines is 1. The van der Waals surface area contributed by atoms with Gasteiger partial charge >= 0.3 is 0 Å². The van der Waals surface area contributed by atoms with Crippen molar-refractivity contribution in [2.45, 2.75) is 41.0 Å². The molecule has 0 aliphatic rings. The average Bonchev–Trinajstić information content (AvgIpc) is 2.31. The molecular formula is C16H27NO2. The predicted molar refractivity (Wildman–Crippen MR) is 81.3 cm³/mol. The monoisotopic (exact) mass is 265 g/mol. The second kappa shape index (κ2) is 7.27. The molecule has 1 aromatic carbocycles. The molecule has 0 aliphatic heterocycles. The van der Waals surface area contributed by atoms with Gasteiger partial charge < -0.3 is 14.8 Å². The van der Waals surface area contributed by atoms with Crippen LogP contribution in [0.25, 0.3) is 0 Å². The lowest BCUT2D eigenvalue weighted by Crippen LogP contribution is -2.12. The van der Waals surface area contributed by atoms with E-state index < -0.39 is 0 Å². The lowest BCUT2D eigenvalue weighted by molar-refractivity contribution is 0.288. The normalized spacial score (nSPS) is 11.2. The Hall–Kier alpha value is -1.38. The fourth-order valence-corrected chi connectivity index (χ4v) is 1.74. The first-order valence-electron chi connectivity index (χ1n) is 7.09. The molecule has 0 aromatic heterocycles. The highest BCUT2D eigenvalue weighted by Crippen LogP contribution is 2.30. The van der Waals surface area contributed by atoms with E-state index in [1.54, 1.807) is 0 Å². The predicted octanol–water partition coefficient (Wildman–Crippen LogP) is 4.33.